The van der Waals surface area contributed by atoms with E-state index in [1.807, 2.05) is 6.92 Å². The van der Waals surface area contributed by atoms with Gasteiger partial charge in [-0.3, -0.25) is 4.79 Å². The van der Waals surface area contributed by atoms with E-state index in [0.29, 0.717) is 6.54 Å². The Kier molecular flexibility index (Phi) is 6.81. The van der Waals surface area contributed by atoms with Crippen molar-refractivity contribution in [2.24, 2.45) is 0 Å². The van der Waals surface area contributed by atoms with Crippen molar-refractivity contribution in [3.05, 3.63) is 28.8 Å². The van der Waals surface area contributed by atoms with E-state index in [9.17, 15) is 18.0 Å². The van der Waals surface area contributed by atoms with Gasteiger partial charge in [0.1, 0.15) is 0 Å². The highest BCUT2D eigenvalue weighted by atomic mass is 35.5. The molecule has 0 spiro atoms. The van der Waals surface area contributed by atoms with Crippen molar-refractivity contribution in [3.8, 4) is 0 Å². The Morgan fingerprint density at radius 3 is 2.62 bits per heavy atom. The van der Waals surface area contributed by atoms with Gasteiger partial charge in [-0.25, -0.2) is 0 Å². The fraction of sp³-hybridized carbons (Fsp3) is 0.500. The summed E-state index contributed by atoms with van der Waals surface area (Å²) in [6.45, 7) is 2.85. The molecule has 0 unspecified atom stereocenters. The van der Waals surface area contributed by atoms with Crippen LogP contribution in [0.3, 0.4) is 0 Å². The maximum Gasteiger partial charge on any atom is 0.416 e. The van der Waals surface area contributed by atoms with Crippen molar-refractivity contribution in [3.63, 3.8) is 0 Å². The minimum absolute atomic E-state index is 0.140. The van der Waals surface area contributed by atoms with Crippen molar-refractivity contribution in [2.45, 2.75) is 32.4 Å². The first-order chi connectivity index (χ1) is 9.84. The van der Waals surface area contributed by atoms with Crippen LogP contribution in [-0.2, 0) is 11.0 Å². The van der Waals surface area contributed by atoms with Crippen LogP contribution in [0.4, 0.5) is 18.9 Å². The first-order valence-corrected chi connectivity index (χ1v) is 7.09. The summed E-state index contributed by atoms with van der Waals surface area (Å²) < 4.78 is 37.8. The Morgan fingerprint density at radius 1 is 1.29 bits per heavy atom. The molecule has 0 aliphatic rings. The number of carbonyl (C=O) groups excluding carboxylic acids is 1. The van der Waals surface area contributed by atoms with Crippen molar-refractivity contribution in [1.82, 2.24) is 5.32 Å². The third-order valence-corrected chi connectivity index (χ3v) is 3.14. The fourth-order valence-corrected chi connectivity index (χ4v) is 1.83. The molecule has 0 bridgehead atoms. The first-order valence-electron chi connectivity index (χ1n) is 6.72. The number of rotatable bonds is 7. The topological polar surface area (TPSA) is 41.1 Å². The third-order valence-electron chi connectivity index (χ3n) is 2.81. The molecule has 0 saturated heterocycles. The van der Waals surface area contributed by atoms with Crippen molar-refractivity contribution >= 4 is 23.2 Å². The Morgan fingerprint density at radius 2 is 2.00 bits per heavy atom. The van der Waals surface area contributed by atoms with E-state index in [0.717, 1.165) is 25.0 Å². The van der Waals surface area contributed by atoms with Crippen molar-refractivity contribution < 1.29 is 18.0 Å². The molecule has 0 radical (unpaired) electrons. The summed E-state index contributed by atoms with van der Waals surface area (Å²) in [5, 5.41) is 5.67. The van der Waals surface area contributed by atoms with Gasteiger partial charge in [0.15, 0.2) is 0 Å². The molecule has 1 aromatic rings. The van der Waals surface area contributed by atoms with Crippen LogP contribution in [0, 0.1) is 0 Å². The smallest absolute Gasteiger partial charge is 0.383 e. The van der Waals surface area contributed by atoms with Gasteiger partial charge in [-0.05, 0) is 24.6 Å². The number of carbonyl (C=O) groups is 1. The van der Waals surface area contributed by atoms with Gasteiger partial charge in [0.2, 0.25) is 5.91 Å². The van der Waals surface area contributed by atoms with Gasteiger partial charge in [0, 0.05) is 19.5 Å². The monoisotopic (exact) mass is 322 g/mol. The number of benzene rings is 1. The molecule has 118 valence electrons. The average molecular weight is 323 g/mol. The molecule has 0 aliphatic carbocycles. The minimum atomic E-state index is -4.42. The molecule has 2 N–H and O–H groups in total. The summed E-state index contributed by atoms with van der Waals surface area (Å²) in [5.74, 6) is -0.140. The van der Waals surface area contributed by atoms with E-state index in [1.54, 1.807) is 0 Å². The highest BCUT2D eigenvalue weighted by Gasteiger charge is 2.30. The molecular formula is C14H18ClF3N2O. The molecule has 7 heteroatoms. The number of hydrogen-bond donors (Lipinski definition) is 2. The summed E-state index contributed by atoms with van der Waals surface area (Å²) in [6, 6.07) is 3.05. The Hall–Kier alpha value is -1.43. The Labute approximate surface area is 126 Å². The highest BCUT2D eigenvalue weighted by molar-refractivity contribution is 6.33. The molecule has 0 aliphatic heterocycles. The maximum atomic E-state index is 12.6. The lowest BCUT2D eigenvalue weighted by atomic mass is 10.2. The largest absolute Gasteiger partial charge is 0.416 e. The number of amides is 1. The van der Waals surface area contributed by atoms with Crippen LogP contribution >= 0.6 is 11.6 Å². The van der Waals surface area contributed by atoms with E-state index in [-0.39, 0.29) is 29.6 Å². The van der Waals surface area contributed by atoms with Gasteiger partial charge in [0.25, 0.3) is 0 Å². The predicted molar refractivity (Wildman–Crippen MR) is 77.5 cm³/mol. The molecule has 0 aromatic heterocycles. The quantitative estimate of drug-likeness (QED) is 0.743. The lowest BCUT2D eigenvalue weighted by molar-refractivity contribution is -0.137. The summed E-state index contributed by atoms with van der Waals surface area (Å²) in [5.41, 5.74) is -0.602. The zero-order valence-electron chi connectivity index (χ0n) is 11.7. The zero-order chi connectivity index (χ0) is 15.9. The van der Waals surface area contributed by atoms with Crippen LogP contribution in [0.15, 0.2) is 18.2 Å². The first kappa shape index (κ1) is 17.6. The second kappa shape index (κ2) is 8.12. The molecule has 0 saturated carbocycles. The van der Waals surface area contributed by atoms with Crippen LogP contribution in [0.1, 0.15) is 31.7 Å². The molecule has 21 heavy (non-hydrogen) atoms. The van der Waals surface area contributed by atoms with Crippen molar-refractivity contribution in [2.75, 3.05) is 18.4 Å². The van der Waals surface area contributed by atoms with Crippen LogP contribution in [-0.4, -0.2) is 19.0 Å². The van der Waals surface area contributed by atoms with Gasteiger partial charge in [0.05, 0.1) is 16.3 Å². The summed E-state index contributed by atoms with van der Waals surface area (Å²) >= 11 is 5.83. The fourth-order valence-electron chi connectivity index (χ4n) is 1.64. The van der Waals surface area contributed by atoms with Gasteiger partial charge >= 0.3 is 6.18 Å². The molecule has 1 rings (SSSR count). The molecule has 1 amide bonds. The third kappa shape index (κ3) is 6.25. The summed E-state index contributed by atoms with van der Waals surface area (Å²) in [4.78, 5) is 11.5. The van der Waals surface area contributed by atoms with E-state index >= 15 is 0 Å². The Bertz CT molecular complexity index is 478. The average Bonchev–Trinajstić information content (AvgIpc) is 2.40. The molecule has 0 heterocycles. The molecule has 0 fully saturated rings. The van der Waals surface area contributed by atoms with Crippen LogP contribution < -0.4 is 10.6 Å². The second-order valence-electron chi connectivity index (χ2n) is 4.57. The van der Waals surface area contributed by atoms with Gasteiger partial charge in [-0.1, -0.05) is 24.9 Å². The maximum absolute atomic E-state index is 12.6. The molecule has 3 nitrogen and oxygen atoms in total. The second-order valence-corrected chi connectivity index (χ2v) is 4.98. The molecular weight excluding hydrogens is 305 g/mol. The minimum Gasteiger partial charge on any atom is -0.383 e. The lowest BCUT2D eigenvalue weighted by Crippen LogP contribution is -2.26. The number of alkyl halides is 3. The summed E-state index contributed by atoms with van der Waals surface area (Å²) in [7, 11) is 0. The standard InChI is InChI=1S/C14H18ClF3N2O/c1-2-3-7-20-13(21)6-8-19-12-9-10(14(16,17)18)4-5-11(12)15/h4-5,9,19H,2-3,6-8H2,1H3,(H,20,21). The summed E-state index contributed by atoms with van der Waals surface area (Å²) in [6.07, 6.45) is -2.36. The van der Waals surface area contributed by atoms with E-state index in [1.165, 1.54) is 6.07 Å². The highest BCUT2D eigenvalue weighted by Crippen LogP contribution is 2.33. The van der Waals surface area contributed by atoms with E-state index in [4.69, 9.17) is 11.6 Å². The van der Waals surface area contributed by atoms with Gasteiger partial charge in [-0.2, -0.15) is 13.2 Å². The number of unbranched alkanes of at least 4 members (excludes halogenated alkanes) is 1. The van der Waals surface area contributed by atoms with Crippen LogP contribution in [0.5, 0.6) is 0 Å². The van der Waals surface area contributed by atoms with Crippen LogP contribution in [0.2, 0.25) is 5.02 Å². The van der Waals surface area contributed by atoms with Crippen molar-refractivity contribution in [1.29, 1.82) is 0 Å². The number of hydrogen-bond acceptors (Lipinski definition) is 2. The van der Waals surface area contributed by atoms with Gasteiger partial charge in [-0.15, -0.1) is 0 Å². The number of nitrogens with one attached hydrogen (secondary N) is 2. The predicted octanol–water partition coefficient (Wildman–Crippen LogP) is 4.08. The number of anilines is 1. The molecule has 1 aromatic carbocycles. The lowest BCUT2D eigenvalue weighted by Gasteiger charge is -2.12. The Balaban J connectivity index is 2.50. The SMILES string of the molecule is CCCCNC(=O)CCNc1cc(C(F)(F)F)ccc1Cl. The molecule has 0 atom stereocenters. The van der Waals surface area contributed by atoms with E-state index < -0.39 is 11.7 Å². The van der Waals surface area contributed by atoms with E-state index in [2.05, 4.69) is 10.6 Å². The number of halogens is 4. The van der Waals surface area contributed by atoms with Crippen LogP contribution in [0.25, 0.3) is 0 Å². The normalized spacial score (nSPS) is 11.3. The van der Waals surface area contributed by atoms with Gasteiger partial charge < -0.3 is 10.6 Å². The zero-order valence-corrected chi connectivity index (χ0v) is 12.4.